The van der Waals surface area contributed by atoms with Gasteiger partial charge in [-0.3, -0.25) is 9.98 Å². The first-order chi connectivity index (χ1) is 9.18. The van der Waals surface area contributed by atoms with E-state index >= 15 is 0 Å². The van der Waals surface area contributed by atoms with Crippen LogP contribution in [0.25, 0.3) is 5.82 Å². The highest BCUT2D eigenvalue weighted by Crippen LogP contribution is 2.24. The SMILES string of the molecule is Cc1ccnc(-n2cnc3c2CCCC3)c1C(=N)N. The Hall–Kier alpha value is -2.17. The molecule has 0 saturated carbocycles. The van der Waals surface area contributed by atoms with Gasteiger partial charge in [-0.2, -0.15) is 0 Å². The molecule has 0 unspecified atom stereocenters. The van der Waals surface area contributed by atoms with Crippen LogP contribution in [0.1, 0.15) is 35.4 Å². The third kappa shape index (κ3) is 1.91. The molecule has 1 aliphatic rings. The zero-order valence-electron chi connectivity index (χ0n) is 11.0. The van der Waals surface area contributed by atoms with E-state index in [9.17, 15) is 0 Å². The second kappa shape index (κ2) is 4.50. The van der Waals surface area contributed by atoms with Gasteiger partial charge in [-0.05, 0) is 44.2 Å². The van der Waals surface area contributed by atoms with E-state index in [1.54, 1.807) is 6.20 Å². The van der Waals surface area contributed by atoms with Crippen LogP contribution in [0, 0.1) is 12.3 Å². The van der Waals surface area contributed by atoms with Crippen molar-refractivity contribution in [1.29, 1.82) is 5.41 Å². The molecule has 0 fully saturated rings. The molecule has 0 atom stereocenters. The summed E-state index contributed by atoms with van der Waals surface area (Å²) in [6.07, 6.45) is 7.99. The van der Waals surface area contributed by atoms with E-state index < -0.39 is 0 Å². The maximum Gasteiger partial charge on any atom is 0.149 e. The predicted molar refractivity (Wildman–Crippen MR) is 73.8 cm³/mol. The molecular formula is C14H17N5. The fourth-order valence-corrected chi connectivity index (χ4v) is 2.71. The number of hydrogen-bond acceptors (Lipinski definition) is 3. The van der Waals surface area contributed by atoms with Crippen molar-refractivity contribution in [2.45, 2.75) is 32.6 Å². The van der Waals surface area contributed by atoms with Gasteiger partial charge in [0.05, 0.1) is 11.3 Å². The van der Waals surface area contributed by atoms with E-state index in [4.69, 9.17) is 11.1 Å². The van der Waals surface area contributed by atoms with Gasteiger partial charge >= 0.3 is 0 Å². The highest BCUT2D eigenvalue weighted by molar-refractivity contribution is 5.99. The zero-order chi connectivity index (χ0) is 13.4. The van der Waals surface area contributed by atoms with E-state index in [0.717, 1.165) is 29.9 Å². The van der Waals surface area contributed by atoms with E-state index in [2.05, 4.69) is 9.97 Å². The number of pyridine rings is 1. The fraction of sp³-hybridized carbons (Fsp3) is 0.357. The van der Waals surface area contributed by atoms with Gasteiger partial charge in [0.25, 0.3) is 0 Å². The van der Waals surface area contributed by atoms with Gasteiger partial charge in [0, 0.05) is 11.9 Å². The molecule has 2 aromatic heterocycles. The van der Waals surface area contributed by atoms with Crippen LogP contribution in [0.4, 0.5) is 0 Å². The number of aryl methyl sites for hydroxylation is 2. The van der Waals surface area contributed by atoms with Crippen LogP contribution in [0.5, 0.6) is 0 Å². The Kier molecular flexibility index (Phi) is 2.81. The Labute approximate surface area is 112 Å². The highest BCUT2D eigenvalue weighted by atomic mass is 15.1. The maximum atomic E-state index is 7.76. The van der Waals surface area contributed by atoms with E-state index in [1.807, 2.05) is 23.9 Å². The Bertz CT molecular complexity index is 641. The molecule has 5 nitrogen and oxygen atoms in total. The molecule has 0 spiro atoms. The normalized spacial score (nSPS) is 14.2. The van der Waals surface area contributed by atoms with E-state index in [1.165, 1.54) is 18.5 Å². The van der Waals surface area contributed by atoms with Crippen LogP contribution >= 0.6 is 0 Å². The van der Waals surface area contributed by atoms with Crippen LogP contribution in [0.15, 0.2) is 18.6 Å². The minimum atomic E-state index is 0.0545. The van der Waals surface area contributed by atoms with Crippen LogP contribution in [-0.4, -0.2) is 20.4 Å². The Morgan fingerprint density at radius 3 is 2.89 bits per heavy atom. The van der Waals surface area contributed by atoms with Gasteiger partial charge in [0.2, 0.25) is 0 Å². The standard InChI is InChI=1S/C14H17N5/c1-9-6-7-17-14(12(9)13(15)16)19-8-18-10-4-2-3-5-11(10)19/h6-8H,2-5H2,1H3,(H3,15,16). The number of amidine groups is 1. The fourth-order valence-electron chi connectivity index (χ4n) is 2.71. The first kappa shape index (κ1) is 11.9. The summed E-state index contributed by atoms with van der Waals surface area (Å²) >= 11 is 0. The number of nitrogens with two attached hydrogens (primary N) is 1. The molecule has 98 valence electrons. The number of nitrogens with zero attached hydrogens (tertiary/aromatic N) is 3. The summed E-state index contributed by atoms with van der Waals surface area (Å²) < 4.78 is 2.00. The van der Waals surface area contributed by atoms with Crippen molar-refractivity contribution in [3.63, 3.8) is 0 Å². The van der Waals surface area contributed by atoms with Gasteiger partial charge in [-0.25, -0.2) is 9.97 Å². The largest absolute Gasteiger partial charge is 0.384 e. The van der Waals surface area contributed by atoms with E-state index in [-0.39, 0.29) is 5.84 Å². The molecule has 0 aromatic carbocycles. The molecule has 0 aliphatic heterocycles. The molecule has 3 N–H and O–H groups in total. The van der Waals surface area contributed by atoms with Crippen molar-refractivity contribution in [3.05, 3.63) is 41.1 Å². The summed E-state index contributed by atoms with van der Waals surface area (Å²) in [7, 11) is 0. The first-order valence-electron chi connectivity index (χ1n) is 6.54. The number of aromatic nitrogens is 3. The number of fused-ring (bicyclic) bond motifs is 1. The smallest absolute Gasteiger partial charge is 0.149 e. The van der Waals surface area contributed by atoms with Gasteiger partial charge in [0.15, 0.2) is 0 Å². The molecular weight excluding hydrogens is 238 g/mol. The minimum Gasteiger partial charge on any atom is -0.384 e. The van der Waals surface area contributed by atoms with Gasteiger partial charge < -0.3 is 5.73 Å². The summed E-state index contributed by atoms with van der Waals surface area (Å²) in [6.45, 7) is 1.95. The van der Waals surface area contributed by atoms with Gasteiger partial charge in [-0.15, -0.1) is 0 Å². The summed E-state index contributed by atoms with van der Waals surface area (Å²) in [6, 6.07) is 1.88. The third-order valence-electron chi connectivity index (χ3n) is 3.67. The highest BCUT2D eigenvalue weighted by Gasteiger charge is 2.19. The van der Waals surface area contributed by atoms with Gasteiger partial charge in [0.1, 0.15) is 18.0 Å². The van der Waals surface area contributed by atoms with Crippen molar-refractivity contribution >= 4 is 5.84 Å². The first-order valence-corrected chi connectivity index (χ1v) is 6.54. The Morgan fingerprint density at radius 2 is 2.11 bits per heavy atom. The van der Waals surface area contributed by atoms with Crippen molar-refractivity contribution < 1.29 is 0 Å². The summed E-state index contributed by atoms with van der Waals surface area (Å²) in [5.74, 6) is 0.780. The molecule has 5 heteroatoms. The molecule has 3 rings (SSSR count). The number of nitrogen functional groups attached to an aromatic ring is 1. The lowest BCUT2D eigenvalue weighted by Gasteiger charge is -2.16. The predicted octanol–water partition coefficient (Wildman–Crippen LogP) is 1.74. The van der Waals surface area contributed by atoms with Crippen molar-refractivity contribution in [1.82, 2.24) is 14.5 Å². The average Bonchev–Trinajstić information content (AvgIpc) is 2.81. The average molecular weight is 255 g/mol. The quantitative estimate of drug-likeness (QED) is 0.633. The van der Waals surface area contributed by atoms with Crippen molar-refractivity contribution in [3.8, 4) is 5.82 Å². The maximum absolute atomic E-state index is 7.76. The molecule has 0 amide bonds. The molecule has 19 heavy (non-hydrogen) atoms. The number of nitrogens with one attached hydrogen (secondary N) is 1. The second-order valence-corrected chi connectivity index (χ2v) is 4.96. The third-order valence-corrected chi connectivity index (χ3v) is 3.67. The van der Waals surface area contributed by atoms with Crippen LogP contribution in [0.3, 0.4) is 0 Å². The lowest BCUT2D eigenvalue weighted by Crippen LogP contribution is -2.18. The molecule has 1 aliphatic carbocycles. The monoisotopic (exact) mass is 255 g/mol. The van der Waals surface area contributed by atoms with Crippen LogP contribution < -0.4 is 5.73 Å². The van der Waals surface area contributed by atoms with Crippen molar-refractivity contribution in [2.24, 2.45) is 5.73 Å². The zero-order valence-corrected chi connectivity index (χ0v) is 11.0. The summed E-state index contributed by atoms with van der Waals surface area (Å²) in [5.41, 5.74) is 9.75. The topological polar surface area (TPSA) is 80.6 Å². The van der Waals surface area contributed by atoms with Crippen LogP contribution in [0.2, 0.25) is 0 Å². The van der Waals surface area contributed by atoms with E-state index in [0.29, 0.717) is 5.56 Å². The lowest BCUT2D eigenvalue weighted by molar-refractivity contribution is 0.654. The molecule has 0 radical (unpaired) electrons. The summed E-state index contributed by atoms with van der Waals surface area (Å²) in [4.78, 5) is 8.89. The molecule has 0 bridgehead atoms. The Morgan fingerprint density at radius 1 is 1.32 bits per heavy atom. The lowest BCUT2D eigenvalue weighted by atomic mass is 10.0. The number of imidazole rings is 1. The number of rotatable bonds is 2. The number of hydrogen-bond donors (Lipinski definition) is 2. The molecule has 2 aromatic rings. The van der Waals surface area contributed by atoms with Crippen LogP contribution in [-0.2, 0) is 12.8 Å². The molecule has 2 heterocycles. The minimum absolute atomic E-state index is 0.0545. The van der Waals surface area contributed by atoms with Gasteiger partial charge in [-0.1, -0.05) is 0 Å². The molecule has 0 saturated heterocycles. The summed E-state index contributed by atoms with van der Waals surface area (Å²) in [5, 5.41) is 7.76. The van der Waals surface area contributed by atoms with Crippen molar-refractivity contribution in [2.75, 3.05) is 0 Å². The Balaban J connectivity index is 2.20. The second-order valence-electron chi connectivity index (χ2n) is 4.96.